The largest absolute Gasteiger partial charge is 0.384 e. The average molecular weight is 308 g/mol. The number of hydrogen-bond donors (Lipinski definition) is 1. The lowest BCUT2D eigenvalue weighted by Crippen LogP contribution is -2.32. The van der Waals surface area contributed by atoms with Crippen molar-refractivity contribution in [3.63, 3.8) is 0 Å². The first kappa shape index (κ1) is 16.0. The van der Waals surface area contributed by atoms with E-state index in [-0.39, 0.29) is 11.5 Å². The van der Waals surface area contributed by atoms with Gasteiger partial charge in [0.25, 0.3) is 0 Å². The Morgan fingerprint density at radius 3 is 2.95 bits per heavy atom. The van der Waals surface area contributed by atoms with Crippen LogP contribution < -0.4 is 0 Å². The van der Waals surface area contributed by atoms with Crippen molar-refractivity contribution in [2.45, 2.75) is 31.1 Å². The predicted molar refractivity (Wildman–Crippen MR) is 80.0 cm³/mol. The predicted octanol–water partition coefficient (Wildman–Crippen LogP) is 1.24. The lowest BCUT2D eigenvalue weighted by molar-refractivity contribution is 0.350. The van der Waals surface area contributed by atoms with E-state index in [1.165, 1.54) is 22.8 Å². The van der Waals surface area contributed by atoms with Gasteiger partial charge in [0.05, 0.1) is 0 Å². The lowest BCUT2D eigenvalue weighted by atomic mass is 10.0. The summed E-state index contributed by atoms with van der Waals surface area (Å²) >= 11 is 0. The minimum Gasteiger partial charge on any atom is -0.384 e. The number of nitrogens with zero attached hydrogens (tertiary/aromatic N) is 2. The maximum atomic E-state index is 12.7. The Kier molecular flexibility index (Phi) is 5.34. The molecule has 0 radical (unpaired) electrons. The van der Waals surface area contributed by atoms with E-state index < -0.39 is 10.0 Å². The summed E-state index contributed by atoms with van der Waals surface area (Å²) in [6, 6.07) is 1.51. The summed E-state index contributed by atoms with van der Waals surface area (Å²) in [5.74, 6) is 5.74. The quantitative estimate of drug-likeness (QED) is 0.834. The third kappa shape index (κ3) is 4.03. The fourth-order valence-electron chi connectivity index (χ4n) is 2.40. The summed E-state index contributed by atoms with van der Waals surface area (Å²) in [6.07, 6.45) is 5.68. The Morgan fingerprint density at radius 2 is 2.19 bits per heavy atom. The van der Waals surface area contributed by atoms with E-state index in [0.717, 1.165) is 19.3 Å². The van der Waals surface area contributed by atoms with Crippen molar-refractivity contribution in [3.05, 3.63) is 24.0 Å². The van der Waals surface area contributed by atoms with Gasteiger partial charge in [-0.05, 0) is 31.2 Å². The molecule has 0 aromatic carbocycles. The first-order valence-electron chi connectivity index (χ1n) is 7.09. The van der Waals surface area contributed by atoms with Crippen molar-refractivity contribution in [2.24, 2.45) is 5.92 Å². The Hall–Kier alpha value is -1.42. The Labute approximate surface area is 126 Å². The zero-order chi connectivity index (χ0) is 15.3. The zero-order valence-electron chi connectivity index (χ0n) is 12.1. The summed E-state index contributed by atoms with van der Waals surface area (Å²) in [5, 5.41) is 8.70. The van der Waals surface area contributed by atoms with Crippen molar-refractivity contribution in [3.8, 4) is 11.8 Å². The minimum absolute atomic E-state index is 0.168. The summed E-state index contributed by atoms with van der Waals surface area (Å²) in [6.45, 7) is 3.00. The first-order valence-corrected chi connectivity index (χ1v) is 8.53. The summed E-state index contributed by atoms with van der Waals surface area (Å²) in [4.78, 5) is 4.12. The van der Waals surface area contributed by atoms with Gasteiger partial charge < -0.3 is 5.11 Å². The van der Waals surface area contributed by atoms with Crippen molar-refractivity contribution in [1.29, 1.82) is 0 Å². The smallest absolute Gasteiger partial charge is 0.244 e. The molecule has 2 heterocycles. The van der Waals surface area contributed by atoms with Crippen LogP contribution in [0.5, 0.6) is 0 Å². The van der Waals surface area contributed by atoms with Gasteiger partial charge in [0.1, 0.15) is 11.5 Å². The van der Waals surface area contributed by atoms with Crippen LogP contribution in [0.4, 0.5) is 0 Å². The fraction of sp³-hybridized carbons (Fsp3) is 0.533. The number of pyridine rings is 1. The maximum absolute atomic E-state index is 12.7. The van der Waals surface area contributed by atoms with Gasteiger partial charge in [0, 0.05) is 31.0 Å². The highest BCUT2D eigenvalue weighted by molar-refractivity contribution is 7.89. The number of aliphatic hydroxyl groups excluding tert-OH is 1. The third-order valence-corrected chi connectivity index (χ3v) is 5.50. The van der Waals surface area contributed by atoms with Gasteiger partial charge in [-0.3, -0.25) is 4.98 Å². The number of hydrogen-bond acceptors (Lipinski definition) is 4. The van der Waals surface area contributed by atoms with Crippen LogP contribution in [0.2, 0.25) is 0 Å². The van der Waals surface area contributed by atoms with Crippen LogP contribution in [0.3, 0.4) is 0 Å². The standard InChI is InChI=1S/C15H20N2O3S/c1-13-4-2-7-17(8-6-13)21(19,20)15-10-14(5-3-9-18)11-16-12-15/h10-13,18H,2,4,6-9H2,1H3. The van der Waals surface area contributed by atoms with Crippen LogP contribution in [-0.4, -0.2) is 42.5 Å². The van der Waals surface area contributed by atoms with Gasteiger partial charge in [-0.25, -0.2) is 8.42 Å². The number of aliphatic hydroxyl groups is 1. The molecule has 1 aliphatic rings. The van der Waals surface area contributed by atoms with Gasteiger partial charge >= 0.3 is 0 Å². The summed E-state index contributed by atoms with van der Waals surface area (Å²) < 4.78 is 26.9. The molecule has 0 spiro atoms. The molecule has 1 aliphatic heterocycles. The minimum atomic E-state index is -3.52. The van der Waals surface area contributed by atoms with E-state index in [4.69, 9.17) is 5.11 Å². The zero-order valence-corrected chi connectivity index (χ0v) is 12.9. The van der Waals surface area contributed by atoms with Gasteiger partial charge in [-0.1, -0.05) is 18.8 Å². The van der Waals surface area contributed by atoms with Crippen molar-refractivity contribution >= 4 is 10.0 Å². The molecule has 0 bridgehead atoms. The lowest BCUT2D eigenvalue weighted by Gasteiger charge is -2.19. The molecule has 6 heteroatoms. The van der Waals surface area contributed by atoms with Gasteiger partial charge in [-0.15, -0.1) is 0 Å². The molecule has 21 heavy (non-hydrogen) atoms. The average Bonchev–Trinajstić information content (AvgIpc) is 2.70. The monoisotopic (exact) mass is 308 g/mol. The highest BCUT2D eigenvalue weighted by atomic mass is 32.2. The second kappa shape index (κ2) is 7.03. The van der Waals surface area contributed by atoms with Gasteiger partial charge in [0.15, 0.2) is 0 Å². The molecule has 1 aromatic heterocycles. The van der Waals surface area contributed by atoms with E-state index >= 15 is 0 Å². The van der Waals surface area contributed by atoms with E-state index in [1.54, 1.807) is 0 Å². The molecule has 0 amide bonds. The van der Waals surface area contributed by atoms with Crippen LogP contribution in [0, 0.1) is 17.8 Å². The van der Waals surface area contributed by atoms with Crippen LogP contribution in [0.1, 0.15) is 31.7 Å². The molecule has 1 saturated heterocycles. The fourth-order valence-corrected chi connectivity index (χ4v) is 3.88. The first-order chi connectivity index (χ1) is 10.0. The summed E-state index contributed by atoms with van der Waals surface area (Å²) in [7, 11) is -3.52. The molecule has 1 atom stereocenters. The molecular weight excluding hydrogens is 288 g/mol. The van der Waals surface area contributed by atoms with E-state index in [9.17, 15) is 8.42 Å². The van der Waals surface area contributed by atoms with Crippen LogP contribution in [0.15, 0.2) is 23.4 Å². The Bertz CT molecular complexity index is 646. The number of sulfonamides is 1. The molecule has 1 unspecified atom stereocenters. The van der Waals surface area contributed by atoms with E-state index in [0.29, 0.717) is 24.6 Å². The van der Waals surface area contributed by atoms with Crippen molar-refractivity contribution in [2.75, 3.05) is 19.7 Å². The van der Waals surface area contributed by atoms with Gasteiger partial charge in [0.2, 0.25) is 10.0 Å². The topological polar surface area (TPSA) is 70.5 Å². The van der Waals surface area contributed by atoms with Crippen LogP contribution >= 0.6 is 0 Å². The Balaban J connectivity index is 2.26. The second-order valence-electron chi connectivity index (χ2n) is 5.31. The number of aromatic nitrogens is 1. The molecule has 114 valence electrons. The highest BCUT2D eigenvalue weighted by Crippen LogP contribution is 2.22. The molecular formula is C15H20N2O3S. The number of rotatable bonds is 2. The van der Waals surface area contributed by atoms with E-state index in [1.807, 2.05) is 0 Å². The van der Waals surface area contributed by atoms with Crippen LogP contribution in [0.25, 0.3) is 0 Å². The second-order valence-corrected chi connectivity index (χ2v) is 7.25. The van der Waals surface area contributed by atoms with Crippen LogP contribution in [-0.2, 0) is 10.0 Å². The SMILES string of the molecule is CC1CCCN(S(=O)(=O)c2cncc(C#CCO)c2)CC1. The van der Waals surface area contributed by atoms with Gasteiger partial charge in [-0.2, -0.15) is 4.31 Å². The molecule has 2 rings (SSSR count). The Morgan fingerprint density at radius 1 is 1.38 bits per heavy atom. The molecule has 0 aliphatic carbocycles. The third-order valence-electron chi connectivity index (χ3n) is 3.64. The molecule has 5 nitrogen and oxygen atoms in total. The van der Waals surface area contributed by atoms with E-state index in [2.05, 4.69) is 23.7 Å². The van der Waals surface area contributed by atoms with Crippen molar-refractivity contribution < 1.29 is 13.5 Å². The molecule has 1 aromatic rings. The molecule has 1 fully saturated rings. The highest BCUT2D eigenvalue weighted by Gasteiger charge is 2.26. The normalized spacial score (nSPS) is 20.4. The van der Waals surface area contributed by atoms with Crippen molar-refractivity contribution in [1.82, 2.24) is 9.29 Å². The molecule has 0 saturated carbocycles. The maximum Gasteiger partial charge on any atom is 0.244 e. The molecule has 1 N–H and O–H groups in total. The summed E-state index contributed by atoms with van der Waals surface area (Å²) in [5.41, 5.74) is 0.494.